The molecular weight excluding hydrogens is 258 g/mol. The first-order valence-corrected chi connectivity index (χ1v) is 7.86. The van der Waals surface area contributed by atoms with Crippen molar-refractivity contribution in [1.29, 1.82) is 0 Å². The second kappa shape index (κ2) is 5.74. The van der Waals surface area contributed by atoms with Gasteiger partial charge in [-0.1, -0.05) is 12.1 Å². The normalized spacial score (nSPS) is 23.1. The molecule has 3 nitrogen and oxygen atoms in total. The van der Waals surface area contributed by atoms with Crippen LogP contribution in [0.1, 0.15) is 32.8 Å². The second-order valence-electron chi connectivity index (χ2n) is 6.88. The van der Waals surface area contributed by atoms with Crippen molar-refractivity contribution in [2.75, 3.05) is 13.1 Å². The van der Waals surface area contributed by atoms with Crippen LogP contribution in [-0.4, -0.2) is 34.6 Å². The van der Waals surface area contributed by atoms with E-state index in [0.717, 1.165) is 25.2 Å². The van der Waals surface area contributed by atoms with Crippen LogP contribution in [0, 0.1) is 0 Å². The van der Waals surface area contributed by atoms with E-state index < -0.39 is 0 Å². The van der Waals surface area contributed by atoms with Crippen LogP contribution < -0.4 is 5.32 Å². The summed E-state index contributed by atoms with van der Waals surface area (Å²) in [5.74, 6) is 0. The van der Waals surface area contributed by atoms with E-state index in [-0.39, 0.29) is 5.54 Å². The summed E-state index contributed by atoms with van der Waals surface area (Å²) >= 11 is 0. The van der Waals surface area contributed by atoms with E-state index in [2.05, 4.69) is 60.2 Å². The van der Waals surface area contributed by atoms with Crippen LogP contribution in [0.5, 0.6) is 0 Å². The number of rotatable bonds is 2. The van der Waals surface area contributed by atoms with Gasteiger partial charge in [-0.15, -0.1) is 0 Å². The zero-order chi connectivity index (χ0) is 14.9. The Kier molecular flexibility index (Phi) is 3.96. The number of benzene rings is 1. The van der Waals surface area contributed by atoms with Crippen molar-refractivity contribution in [2.24, 2.45) is 0 Å². The number of hydrogen-bond donors (Lipinski definition) is 1. The Morgan fingerprint density at radius 1 is 1.33 bits per heavy atom. The molecule has 0 spiro atoms. The van der Waals surface area contributed by atoms with Gasteiger partial charge in [-0.05, 0) is 57.5 Å². The van der Waals surface area contributed by atoms with E-state index in [1.165, 1.54) is 17.4 Å². The molecule has 21 heavy (non-hydrogen) atoms. The van der Waals surface area contributed by atoms with E-state index in [4.69, 9.17) is 0 Å². The van der Waals surface area contributed by atoms with E-state index in [1.54, 1.807) is 0 Å². The van der Waals surface area contributed by atoms with Crippen LogP contribution in [0.2, 0.25) is 0 Å². The van der Waals surface area contributed by atoms with Crippen molar-refractivity contribution in [3.05, 3.63) is 42.1 Å². The third-order valence-corrected chi connectivity index (χ3v) is 4.44. The molecule has 0 amide bonds. The highest BCUT2D eigenvalue weighted by atomic mass is 15.2. The van der Waals surface area contributed by atoms with Gasteiger partial charge in [0.2, 0.25) is 0 Å². The third-order valence-electron chi connectivity index (χ3n) is 4.44. The van der Waals surface area contributed by atoms with Crippen LogP contribution in [-0.2, 0) is 6.54 Å². The molecule has 1 unspecified atom stereocenters. The predicted octanol–water partition coefficient (Wildman–Crippen LogP) is 3.20. The van der Waals surface area contributed by atoms with E-state index in [1.807, 2.05) is 12.3 Å². The van der Waals surface area contributed by atoms with Gasteiger partial charge < -0.3 is 5.32 Å². The highest BCUT2D eigenvalue weighted by Crippen LogP contribution is 2.20. The maximum Gasteiger partial charge on any atom is 0.0702 e. The first kappa shape index (κ1) is 14.5. The van der Waals surface area contributed by atoms with Crippen molar-refractivity contribution in [3.63, 3.8) is 0 Å². The fourth-order valence-corrected chi connectivity index (χ4v) is 3.19. The Balaban J connectivity index is 1.82. The van der Waals surface area contributed by atoms with Gasteiger partial charge in [0.15, 0.2) is 0 Å². The monoisotopic (exact) mass is 283 g/mol. The van der Waals surface area contributed by atoms with Gasteiger partial charge in [0, 0.05) is 36.3 Å². The Hall–Kier alpha value is -1.45. The minimum Gasteiger partial charge on any atom is -0.310 e. The summed E-state index contributed by atoms with van der Waals surface area (Å²) in [6.07, 6.45) is 3.06. The predicted molar refractivity (Wildman–Crippen MR) is 88.3 cm³/mol. The average molecular weight is 283 g/mol. The van der Waals surface area contributed by atoms with Crippen LogP contribution in [0.15, 0.2) is 36.5 Å². The minimum absolute atomic E-state index is 0.184. The van der Waals surface area contributed by atoms with E-state index in [0.29, 0.717) is 6.04 Å². The SMILES string of the molecule is CC1CCNC(C)(C)CN1Cc1ccc2ncccc2c1. The minimum atomic E-state index is 0.184. The van der Waals surface area contributed by atoms with Gasteiger partial charge in [-0.3, -0.25) is 9.88 Å². The molecule has 112 valence electrons. The molecule has 0 saturated carbocycles. The highest BCUT2D eigenvalue weighted by molar-refractivity contribution is 5.78. The van der Waals surface area contributed by atoms with Gasteiger partial charge in [-0.25, -0.2) is 0 Å². The summed E-state index contributed by atoms with van der Waals surface area (Å²) in [6.45, 7) is 10.1. The van der Waals surface area contributed by atoms with E-state index in [9.17, 15) is 0 Å². The lowest BCUT2D eigenvalue weighted by Gasteiger charge is -2.33. The lowest BCUT2D eigenvalue weighted by Crippen LogP contribution is -2.47. The smallest absolute Gasteiger partial charge is 0.0702 e. The average Bonchev–Trinajstić information content (AvgIpc) is 2.57. The summed E-state index contributed by atoms with van der Waals surface area (Å²) in [6, 6.07) is 11.4. The number of pyridine rings is 1. The van der Waals surface area contributed by atoms with Crippen LogP contribution >= 0.6 is 0 Å². The van der Waals surface area contributed by atoms with Crippen molar-refractivity contribution in [3.8, 4) is 0 Å². The van der Waals surface area contributed by atoms with Crippen molar-refractivity contribution >= 4 is 10.9 Å². The molecule has 1 atom stereocenters. The zero-order valence-electron chi connectivity index (χ0n) is 13.3. The second-order valence-corrected chi connectivity index (χ2v) is 6.88. The summed E-state index contributed by atoms with van der Waals surface area (Å²) in [7, 11) is 0. The number of nitrogens with one attached hydrogen (secondary N) is 1. The maximum atomic E-state index is 4.40. The molecule has 1 aromatic heterocycles. The van der Waals surface area contributed by atoms with Gasteiger partial charge in [0.25, 0.3) is 0 Å². The Morgan fingerprint density at radius 2 is 2.19 bits per heavy atom. The van der Waals surface area contributed by atoms with E-state index >= 15 is 0 Å². The number of aromatic nitrogens is 1. The molecule has 1 aliphatic rings. The molecule has 1 aliphatic heterocycles. The standard InChI is InChI=1S/C18H25N3/c1-14-8-10-20-18(2,3)13-21(14)12-15-6-7-17-16(11-15)5-4-9-19-17/h4-7,9,11,14,20H,8,10,12-13H2,1-3H3. The van der Waals surface area contributed by atoms with Crippen molar-refractivity contribution in [1.82, 2.24) is 15.2 Å². The highest BCUT2D eigenvalue weighted by Gasteiger charge is 2.27. The maximum absolute atomic E-state index is 4.40. The van der Waals surface area contributed by atoms with Gasteiger partial charge in [-0.2, -0.15) is 0 Å². The van der Waals surface area contributed by atoms with Gasteiger partial charge >= 0.3 is 0 Å². The van der Waals surface area contributed by atoms with Gasteiger partial charge in [0.05, 0.1) is 5.52 Å². The Labute approximate surface area is 127 Å². The first-order valence-electron chi connectivity index (χ1n) is 7.86. The molecule has 3 heteroatoms. The fourth-order valence-electron chi connectivity index (χ4n) is 3.19. The largest absolute Gasteiger partial charge is 0.310 e. The molecule has 3 rings (SSSR count). The lowest BCUT2D eigenvalue weighted by atomic mass is 10.0. The third kappa shape index (κ3) is 3.42. The van der Waals surface area contributed by atoms with Crippen LogP contribution in [0.4, 0.5) is 0 Å². The lowest BCUT2D eigenvalue weighted by molar-refractivity contribution is 0.173. The summed E-state index contributed by atoms with van der Waals surface area (Å²) < 4.78 is 0. The molecule has 1 saturated heterocycles. The van der Waals surface area contributed by atoms with Crippen LogP contribution in [0.25, 0.3) is 10.9 Å². The molecule has 0 radical (unpaired) electrons. The molecule has 2 aromatic rings. The quantitative estimate of drug-likeness (QED) is 0.917. The zero-order valence-corrected chi connectivity index (χ0v) is 13.3. The number of nitrogens with zero attached hydrogens (tertiary/aromatic N) is 2. The summed E-state index contributed by atoms with van der Waals surface area (Å²) in [5.41, 5.74) is 2.63. The van der Waals surface area contributed by atoms with Gasteiger partial charge in [0.1, 0.15) is 0 Å². The molecule has 2 heterocycles. The molecular formula is C18H25N3. The number of fused-ring (bicyclic) bond motifs is 1. The molecule has 1 aromatic carbocycles. The molecule has 0 bridgehead atoms. The molecule has 1 N–H and O–H groups in total. The Bertz CT molecular complexity index is 621. The Morgan fingerprint density at radius 3 is 3.05 bits per heavy atom. The molecule has 0 aliphatic carbocycles. The van der Waals surface area contributed by atoms with Crippen molar-refractivity contribution in [2.45, 2.75) is 45.3 Å². The summed E-state index contributed by atoms with van der Waals surface area (Å²) in [4.78, 5) is 6.99. The first-order chi connectivity index (χ1) is 10.0. The molecule has 1 fully saturated rings. The number of hydrogen-bond acceptors (Lipinski definition) is 3. The fraction of sp³-hybridized carbons (Fsp3) is 0.500. The van der Waals surface area contributed by atoms with Crippen LogP contribution in [0.3, 0.4) is 0 Å². The van der Waals surface area contributed by atoms with Crippen molar-refractivity contribution < 1.29 is 0 Å². The topological polar surface area (TPSA) is 28.2 Å². The summed E-state index contributed by atoms with van der Waals surface area (Å²) in [5, 5.41) is 4.88.